The van der Waals surface area contributed by atoms with Crippen LogP contribution in [0, 0.1) is 17.8 Å². The van der Waals surface area contributed by atoms with E-state index >= 15 is 0 Å². The summed E-state index contributed by atoms with van der Waals surface area (Å²) >= 11 is 0. The second-order valence-corrected chi connectivity index (χ2v) is 8.75. The van der Waals surface area contributed by atoms with E-state index in [2.05, 4.69) is 16.5 Å². The van der Waals surface area contributed by atoms with Crippen LogP contribution in [0.3, 0.4) is 0 Å². The number of aromatic nitrogens is 1. The summed E-state index contributed by atoms with van der Waals surface area (Å²) in [5.41, 5.74) is 1.55. The van der Waals surface area contributed by atoms with Crippen molar-refractivity contribution in [1.29, 1.82) is 0 Å². The normalized spacial score (nSPS) is 40.6. The zero-order chi connectivity index (χ0) is 14.6. The second-order valence-electron chi connectivity index (χ2n) is 8.75. The smallest absolute Gasteiger partial charge is 0.140 e. The van der Waals surface area contributed by atoms with Gasteiger partial charge in [0, 0.05) is 24.1 Å². The summed E-state index contributed by atoms with van der Waals surface area (Å²) in [4.78, 5) is 0. The van der Waals surface area contributed by atoms with Crippen molar-refractivity contribution in [3.63, 3.8) is 0 Å². The number of rotatable bonds is 4. The molecule has 1 heterocycles. The minimum Gasteiger partial charge on any atom is -0.361 e. The topological polar surface area (TPSA) is 38.1 Å². The Morgan fingerprint density at radius 2 is 1.68 bits per heavy atom. The minimum absolute atomic E-state index is 0.432. The van der Waals surface area contributed by atoms with Crippen LogP contribution in [-0.2, 0) is 6.54 Å². The van der Waals surface area contributed by atoms with Crippen molar-refractivity contribution in [2.45, 2.75) is 82.2 Å². The van der Waals surface area contributed by atoms with Crippen molar-refractivity contribution in [3.8, 4) is 0 Å². The molecule has 1 aromatic heterocycles. The van der Waals surface area contributed by atoms with Crippen molar-refractivity contribution in [1.82, 2.24) is 10.5 Å². The summed E-state index contributed by atoms with van der Waals surface area (Å²) in [6.07, 6.45) is 14.0. The number of nitrogens with zero attached hydrogens (tertiary/aromatic N) is 1. The molecule has 0 atom stereocenters. The minimum atomic E-state index is 0.432. The highest BCUT2D eigenvalue weighted by molar-refractivity contribution is 5.13. The van der Waals surface area contributed by atoms with Gasteiger partial charge in [0.1, 0.15) is 5.76 Å². The number of hydrogen-bond acceptors (Lipinski definition) is 3. The maximum atomic E-state index is 5.63. The van der Waals surface area contributed by atoms with E-state index in [0.717, 1.165) is 35.8 Å². The first-order chi connectivity index (χ1) is 10.8. The van der Waals surface area contributed by atoms with Gasteiger partial charge < -0.3 is 9.84 Å². The zero-order valence-electron chi connectivity index (χ0n) is 13.5. The molecule has 0 aliphatic heterocycles. The van der Waals surface area contributed by atoms with E-state index in [9.17, 15) is 0 Å². The van der Waals surface area contributed by atoms with Gasteiger partial charge in [0.05, 0.1) is 5.69 Å². The van der Waals surface area contributed by atoms with Crippen molar-refractivity contribution >= 4 is 0 Å². The predicted octanol–water partition coefficient (Wildman–Crippen LogP) is 4.39. The van der Waals surface area contributed by atoms with Crippen molar-refractivity contribution in [2.24, 2.45) is 17.8 Å². The van der Waals surface area contributed by atoms with Crippen LogP contribution in [-0.4, -0.2) is 10.7 Å². The molecule has 22 heavy (non-hydrogen) atoms. The van der Waals surface area contributed by atoms with Gasteiger partial charge >= 0.3 is 0 Å². The van der Waals surface area contributed by atoms with E-state index in [1.807, 2.05) is 0 Å². The van der Waals surface area contributed by atoms with Gasteiger partial charge in [-0.15, -0.1) is 0 Å². The zero-order valence-corrected chi connectivity index (χ0v) is 13.5. The summed E-state index contributed by atoms with van der Waals surface area (Å²) in [7, 11) is 0. The average Bonchev–Trinajstić information content (AvgIpc) is 3.15. The molecule has 0 unspecified atom stereocenters. The van der Waals surface area contributed by atoms with E-state index < -0.39 is 0 Å². The van der Waals surface area contributed by atoms with Gasteiger partial charge in [0.15, 0.2) is 0 Å². The first-order valence-electron chi connectivity index (χ1n) is 9.48. The lowest BCUT2D eigenvalue weighted by Gasteiger charge is -2.57. The van der Waals surface area contributed by atoms with Gasteiger partial charge in [-0.25, -0.2) is 0 Å². The molecule has 5 aliphatic carbocycles. The van der Waals surface area contributed by atoms with Gasteiger partial charge in [0.25, 0.3) is 0 Å². The Hall–Kier alpha value is -0.830. The molecule has 0 spiro atoms. The van der Waals surface area contributed by atoms with Crippen LogP contribution in [0.4, 0.5) is 0 Å². The number of nitrogens with one attached hydrogen (secondary N) is 1. The molecule has 5 fully saturated rings. The van der Waals surface area contributed by atoms with Gasteiger partial charge in [-0.05, 0) is 69.1 Å². The fraction of sp³-hybridized carbons (Fsp3) is 0.842. The molecule has 0 radical (unpaired) electrons. The summed E-state index contributed by atoms with van der Waals surface area (Å²) in [6, 6.07) is 2.23. The summed E-state index contributed by atoms with van der Waals surface area (Å²) in [5, 5.41) is 8.27. The molecule has 5 aliphatic rings. The highest BCUT2D eigenvalue weighted by atomic mass is 16.5. The fourth-order valence-electron chi connectivity index (χ4n) is 6.42. The molecule has 0 aromatic carbocycles. The first-order valence-corrected chi connectivity index (χ1v) is 9.48. The standard InChI is InChI=1S/C19H28N2O/c1-2-4-16(3-1)18-8-17(21-22-18)12-20-19-9-13-5-14(10-19)7-15(6-13)11-19/h8,13-16,20H,1-7,9-12H2. The van der Waals surface area contributed by atoms with Crippen LogP contribution in [0.2, 0.25) is 0 Å². The molecule has 1 N–H and O–H groups in total. The maximum Gasteiger partial charge on any atom is 0.140 e. The first kappa shape index (κ1) is 13.6. The molecular weight excluding hydrogens is 272 g/mol. The largest absolute Gasteiger partial charge is 0.361 e. The molecule has 3 nitrogen and oxygen atoms in total. The SMILES string of the molecule is c1c(CNC23CC4CC(CC(C4)C2)C3)noc1C1CCCC1. The van der Waals surface area contributed by atoms with Crippen LogP contribution in [0.5, 0.6) is 0 Å². The number of hydrogen-bond donors (Lipinski definition) is 1. The van der Waals surface area contributed by atoms with E-state index in [1.54, 1.807) is 0 Å². The maximum absolute atomic E-state index is 5.63. The summed E-state index contributed by atoms with van der Waals surface area (Å²) in [5.74, 6) is 4.79. The summed E-state index contributed by atoms with van der Waals surface area (Å²) in [6.45, 7) is 0.905. The van der Waals surface area contributed by atoms with E-state index in [-0.39, 0.29) is 0 Å². The Bertz CT molecular complexity index is 508. The average molecular weight is 300 g/mol. The van der Waals surface area contributed by atoms with Crippen LogP contribution in [0.1, 0.15) is 81.6 Å². The lowest BCUT2D eigenvalue weighted by atomic mass is 9.53. The van der Waals surface area contributed by atoms with Crippen LogP contribution in [0.25, 0.3) is 0 Å². The van der Waals surface area contributed by atoms with E-state index in [1.165, 1.54) is 64.2 Å². The molecule has 1 aromatic rings. The Labute approximate surface area is 133 Å². The summed E-state index contributed by atoms with van der Waals surface area (Å²) < 4.78 is 5.63. The fourth-order valence-corrected chi connectivity index (χ4v) is 6.42. The van der Waals surface area contributed by atoms with Gasteiger partial charge in [0.2, 0.25) is 0 Å². The third-order valence-electron chi connectivity index (χ3n) is 7.02. The van der Waals surface area contributed by atoms with E-state index in [0.29, 0.717) is 11.5 Å². The Kier molecular flexibility index (Phi) is 3.14. The quantitative estimate of drug-likeness (QED) is 0.896. The molecule has 0 amide bonds. The molecular formula is C19H28N2O. The van der Waals surface area contributed by atoms with Gasteiger partial charge in [-0.1, -0.05) is 18.0 Å². The Morgan fingerprint density at radius 3 is 2.32 bits per heavy atom. The molecule has 5 saturated carbocycles. The van der Waals surface area contributed by atoms with Gasteiger partial charge in [-0.3, -0.25) is 0 Å². The van der Waals surface area contributed by atoms with Crippen LogP contribution in [0.15, 0.2) is 10.6 Å². The molecule has 6 rings (SSSR count). The molecule has 120 valence electrons. The highest BCUT2D eigenvalue weighted by Crippen LogP contribution is 2.55. The van der Waals surface area contributed by atoms with Gasteiger partial charge in [-0.2, -0.15) is 0 Å². The molecule has 3 heteroatoms. The molecule has 4 bridgehead atoms. The monoisotopic (exact) mass is 300 g/mol. The van der Waals surface area contributed by atoms with Crippen molar-refractivity contribution in [3.05, 3.63) is 17.5 Å². The second kappa shape index (κ2) is 5.09. The predicted molar refractivity (Wildman–Crippen MR) is 85.5 cm³/mol. The van der Waals surface area contributed by atoms with Crippen LogP contribution >= 0.6 is 0 Å². The van der Waals surface area contributed by atoms with Crippen molar-refractivity contribution < 1.29 is 4.52 Å². The van der Waals surface area contributed by atoms with Crippen LogP contribution < -0.4 is 5.32 Å². The highest BCUT2D eigenvalue weighted by Gasteiger charge is 2.50. The Morgan fingerprint density at radius 1 is 1.05 bits per heavy atom. The Balaban J connectivity index is 1.25. The van der Waals surface area contributed by atoms with E-state index in [4.69, 9.17) is 4.52 Å². The third-order valence-corrected chi connectivity index (χ3v) is 7.02. The lowest BCUT2D eigenvalue weighted by Crippen LogP contribution is -2.58. The van der Waals surface area contributed by atoms with Crippen molar-refractivity contribution in [2.75, 3.05) is 0 Å². The molecule has 0 saturated heterocycles. The lowest BCUT2D eigenvalue weighted by molar-refractivity contribution is -0.0208. The third kappa shape index (κ3) is 2.33.